The van der Waals surface area contributed by atoms with Crippen molar-refractivity contribution in [2.75, 3.05) is 23.7 Å². The maximum Gasteiger partial charge on any atom is 0.242 e. The first-order valence-corrected chi connectivity index (χ1v) is 14.1. The van der Waals surface area contributed by atoms with Crippen LogP contribution >= 0.6 is 11.6 Å². The summed E-state index contributed by atoms with van der Waals surface area (Å²) in [5.41, 5.74) is 1.77. The molecule has 0 fully saturated rings. The lowest BCUT2D eigenvalue weighted by Crippen LogP contribution is -2.48. The first-order chi connectivity index (χ1) is 16.8. The van der Waals surface area contributed by atoms with Crippen molar-refractivity contribution in [2.45, 2.75) is 53.1 Å². The summed E-state index contributed by atoms with van der Waals surface area (Å²) in [5.74, 6) is -0.731. The molecule has 0 bridgehead atoms. The minimum Gasteiger partial charge on any atom is -0.354 e. The van der Waals surface area contributed by atoms with E-state index < -0.39 is 21.9 Å². The molecule has 0 aliphatic rings. The van der Waals surface area contributed by atoms with Crippen LogP contribution in [0.2, 0.25) is 5.02 Å². The molecule has 2 aromatic carbocycles. The number of sulfonamides is 1. The summed E-state index contributed by atoms with van der Waals surface area (Å²) < 4.78 is 39.6. The van der Waals surface area contributed by atoms with Gasteiger partial charge in [-0.15, -0.1) is 0 Å². The van der Waals surface area contributed by atoms with E-state index in [4.69, 9.17) is 11.6 Å². The van der Waals surface area contributed by atoms with Crippen molar-refractivity contribution >= 4 is 39.1 Å². The van der Waals surface area contributed by atoms with Gasteiger partial charge in [-0.05, 0) is 61.6 Å². The van der Waals surface area contributed by atoms with Crippen LogP contribution in [-0.4, -0.2) is 50.5 Å². The van der Waals surface area contributed by atoms with Gasteiger partial charge < -0.3 is 10.2 Å². The molecule has 10 heteroatoms. The molecule has 0 aliphatic carbocycles. The smallest absolute Gasteiger partial charge is 0.242 e. The summed E-state index contributed by atoms with van der Waals surface area (Å²) >= 11 is 6.19. The lowest BCUT2D eigenvalue weighted by molar-refractivity contribution is -0.140. The Kier molecular flexibility index (Phi) is 10.7. The maximum atomic E-state index is 13.4. The Balaban J connectivity index is 2.19. The average molecular weight is 540 g/mol. The van der Waals surface area contributed by atoms with E-state index in [1.807, 2.05) is 13.8 Å². The van der Waals surface area contributed by atoms with Crippen LogP contribution in [0.3, 0.4) is 0 Å². The van der Waals surface area contributed by atoms with E-state index in [2.05, 4.69) is 5.32 Å². The Bertz CT molecular complexity index is 1160. The quantitative estimate of drug-likeness (QED) is 0.429. The van der Waals surface area contributed by atoms with E-state index in [1.165, 1.54) is 21.3 Å². The summed E-state index contributed by atoms with van der Waals surface area (Å²) in [5, 5.41) is 3.29. The molecule has 0 saturated carbocycles. The molecule has 2 rings (SSSR count). The van der Waals surface area contributed by atoms with Crippen molar-refractivity contribution < 1.29 is 22.4 Å². The lowest BCUT2D eigenvalue weighted by Gasteiger charge is -2.30. The molecule has 0 unspecified atom stereocenters. The highest BCUT2D eigenvalue weighted by Gasteiger charge is 2.27. The van der Waals surface area contributed by atoms with Crippen molar-refractivity contribution in [2.24, 2.45) is 5.92 Å². The molecule has 2 aromatic rings. The largest absolute Gasteiger partial charge is 0.354 e. The molecule has 1 N–H and O–H groups in total. The van der Waals surface area contributed by atoms with Gasteiger partial charge in [0, 0.05) is 31.1 Å². The van der Waals surface area contributed by atoms with Crippen LogP contribution in [0.4, 0.5) is 10.1 Å². The second kappa shape index (κ2) is 13.1. The van der Waals surface area contributed by atoms with Gasteiger partial charge >= 0.3 is 0 Å². The predicted molar refractivity (Wildman–Crippen MR) is 142 cm³/mol. The van der Waals surface area contributed by atoms with Gasteiger partial charge in [0.05, 0.1) is 11.9 Å². The minimum absolute atomic E-state index is 0.0224. The molecule has 7 nitrogen and oxygen atoms in total. The molecule has 0 aromatic heterocycles. The number of halogens is 2. The molecule has 198 valence electrons. The fourth-order valence-electron chi connectivity index (χ4n) is 3.67. The highest BCUT2D eigenvalue weighted by Crippen LogP contribution is 2.28. The Morgan fingerprint density at radius 3 is 2.31 bits per heavy atom. The van der Waals surface area contributed by atoms with Gasteiger partial charge in [0.25, 0.3) is 0 Å². The number of carbonyl (C=O) groups excluding carboxylic acids is 2. The molecule has 2 amide bonds. The van der Waals surface area contributed by atoms with Crippen LogP contribution in [0.25, 0.3) is 0 Å². The van der Waals surface area contributed by atoms with Crippen LogP contribution in [0.15, 0.2) is 42.5 Å². The minimum atomic E-state index is -3.62. The fourth-order valence-corrected chi connectivity index (χ4v) is 4.86. The summed E-state index contributed by atoms with van der Waals surface area (Å²) in [6, 6.07) is 10.0. The van der Waals surface area contributed by atoms with Gasteiger partial charge in [-0.2, -0.15) is 0 Å². The van der Waals surface area contributed by atoms with Crippen LogP contribution in [-0.2, 0) is 26.2 Å². The Morgan fingerprint density at radius 1 is 1.08 bits per heavy atom. The lowest BCUT2D eigenvalue weighted by atomic mass is 10.1. The van der Waals surface area contributed by atoms with E-state index in [9.17, 15) is 22.4 Å². The summed E-state index contributed by atoms with van der Waals surface area (Å²) in [4.78, 5) is 27.5. The highest BCUT2D eigenvalue weighted by molar-refractivity contribution is 7.92. The monoisotopic (exact) mass is 539 g/mol. The van der Waals surface area contributed by atoms with Gasteiger partial charge in [-0.1, -0.05) is 43.6 Å². The number of rotatable bonds is 12. The molecule has 1 atom stereocenters. The van der Waals surface area contributed by atoms with Gasteiger partial charge in [0.15, 0.2) is 0 Å². The van der Waals surface area contributed by atoms with Crippen LogP contribution in [0.5, 0.6) is 0 Å². The zero-order valence-electron chi connectivity index (χ0n) is 21.4. The molecule has 0 heterocycles. The number of nitrogens with zero attached hydrogens (tertiary/aromatic N) is 2. The molecule has 0 saturated heterocycles. The fraction of sp³-hybridized carbons (Fsp3) is 0.462. The molecular formula is C26H35ClFN3O4S. The molecule has 0 aliphatic heterocycles. The van der Waals surface area contributed by atoms with Gasteiger partial charge in [-0.25, -0.2) is 12.8 Å². The van der Waals surface area contributed by atoms with Gasteiger partial charge in [-0.3, -0.25) is 13.9 Å². The maximum absolute atomic E-state index is 13.4. The molecular weight excluding hydrogens is 505 g/mol. The van der Waals surface area contributed by atoms with E-state index >= 15 is 0 Å². The molecule has 0 spiro atoms. The van der Waals surface area contributed by atoms with Crippen molar-refractivity contribution in [3.8, 4) is 0 Å². The summed E-state index contributed by atoms with van der Waals surface area (Å²) in [7, 11) is -3.62. The third kappa shape index (κ3) is 8.48. The van der Waals surface area contributed by atoms with Crippen molar-refractivity contribution in [3.05, 3.63) is 64.4 Å². The normalized spacial score (nSPS) is 12.3. The zero-order chi connectivity index (χ0) is 27.0. The van der Waals surface area contributed by atoms with E-state index in [0.717, 1.165) is 6.26 Å². The van der Waals surface area contributed by atoms with Crippen molar-refractivity contribution in [1.29, 1.82) is 0 Å². The van der Waals surface area contributed by atoms with E-state index in [0.29, 0.717) is 28.4 Å². The standard InChI is InChI=1S/C26H35ClFN3O4S/c1-18(2)16-29-26(33)20(4)30(17-21-11-13-22(28)14-12-21)25(32)10-7-15-31(36(5,34)35)24-9-6-8-23(27)19(24)3/h6,8-9,11-14,18,20H,7,10,15-17H2,1-5H3,(H,29,33)/t20-/m1/s1. The number of benzene rings is 2. The predicted octanol–water partition coefficient (Wildman–Crippen LogP) is 4.52. The second-order valence-electron chi connectivity index (χ2n) is 9.29. The molecule has 0 radical (unpaired) electrons. The Labute approximate surface area is 218 Å². The summed E-state index contributed by atoms with van der Waals surface area (Å²) in [6.45, 7) is 8.01. The van der Waals surface area contributed by atoms with Gasteiger partial charge in [0.2, 0.25) is 21.8 Å². The number of anilines is 1. The Morgan fingerprint density at radius 2 is 1.72 bits per heavy atom. The third-order valence-corrected chi connectivity index (χ3v) is 7.37. The number of carbonyl (C=O) groups is 2. The SMILES string of the molecule is Cc1c(Cl)cccc1N(CCCC(=O)N(Cc1ccc(F)cc1)[C@H](C)C(=O)NCC(C)C)S(C)(=O)=O. The van der Waals surface area contributed by atoms with E-state index in [1.54, 1.807) is 44.2 Å². The van der Waals surface area contributed by atoms with Crippen molar-refractivity contribution in [3.63, 3.8) is 0 Å². The number of amides is 2. The summed E-state index contributed by atoms with van der Waals surface area (Å²) in [6.07, 6.45) is 1.36. The number of hydrogen-bond donors (Lipinski definition) is 1. The van der Waals surface area contributed by atoms with E-state index in [-0.39, 0.29) is 43.7 Å². The molecule has 36 heavy (non-hydrogen) atoms. The first kappa shape index (κ1) is 29.6. The zero-order valence-corrected chi connectivity index (χ0v) is 23.0. The highest BCUT2D eigenvalue weighted by atomic mass is 35.5. The Hall–Kier alpha value is -2.65. The van der Waals surface area contributed by atoms with Crippen LogP contribution < -0.4 is 9.62 Å². The number of nitrogens with one attached hydrogen (secondary N) is 1. The van der Waals surface area contributed by atoms with Crippen LogP contribution in [0.1, 0.15) is 44.7 Å². The third-order valence-electron chi connectivity index (χ3n) is 5.78. The second-order valence-corrected chi connectivity index (χ2v) is 11.6. The topological polar surface area (TPSA) is 86.8 Å². The van der Waals surface area contributed by atoms with Crippen LogP contribution in [0, 0.1) is 18.7 Å². The van der Waals surface area contributed by atoms with Gasteiger partial charge in [0.1, 0.15) is 11.9 Å². The first-order valence-electron chi connectivity index (χ1n) is 11.9. The number of hydrogen-bond acceptors (Lipinski definition) is 4. The average Bonchev–Trinajstić information content (AvgIpc) is 2.80. The van der Waals surface area contributed by atoms with Crippen molar-refractivity contribution in [1.82, 2.24) is 10.2 Å².